The Hall–Kier alpha value is -1.89. The van der Waals surface area contributed by atoms with Crippen molar-refractivity contribution in [2.75, 3.05) is 12.3 Å². The minimum absolute atomic E-state index is 0.0332. The molecule has 0 aliphatic carbocycles. The lowest BCUT2D eigenvalue weighted by Crippen LogP contribution is -2.27. The fourth-order valence-electron chi connectivity index (χ4n) is 1.31. The first kappa shape index (κ1) is 11.6. The van der Waals surface area contributed by atoms with E-state index in [0.29, 0.717) is 17.3 Å². The molecule has 1 aliphatic heterocycles. The summed E-state index contributed by atoms with van der Waals surface area (Å²) in [5.41, 5.74) is 0.347. The van der Waals surface area contributed by atoms with Crippen molar-refractivity contribution >= 4 is 28.5 Å². The molecule has 0 fully saturated rings. The molecule has 1 aromatic carbocycles. The maximum atomic E-state index is 11.7. The topological polar surface area (TPSA) is 84.6 Å². The van der Waals surface area contributed by atoms with E-state index in [1.54, 1.807) is 0 Å². The third-order valence-corrected chi connectivity index (χ3v) is 3.04. The van der Waals surface area contributed by atoms with Crippen molar-refractivity contribution in [3.05, 3.63) is 39.9 Å². The molecule has 0 saturated heterocycles. The predicted molar refractivity (Wildman–Crippen MR) is 65.3 cm³/mol. The van der Waals surface area contributed by atoms with Gasteiger partial charge in [0.25, 0.3) is 11.6 Å². The minimum atomic E-state index is -0.501. The normalized spacial score (nSPS) is 14.2. The summed E-state index contributed by atoms with van der Waals surface area (Å²) in [5, 5.41) is 13.7. The van der Waals surface area contributed by atoms with E-state index in [-0.39, 0.29) is 11.6 Å². The van der Waals surface area contributed by atoms with Gasteiger partial charge in [0.2, 0.25) is 0 Å². The number of carbonyl (C=O) groups excluding carboxylic acids is 1. The molecule has 1 amide bonds. The van der Waals surface area contributed by atoms with Crippen molar-refractivity contribution in [3.8, 4) is 0 Å². The van der Waals surface area contributed by atoms with Crippen LogP contribution in [-0.4, -0.2) is 28.3 Å². The van der Waals surface area contributed by atoms with Crippen LogP contribution in [0.4, 0.5) is 5.69 Å². The first-order valence-corrected chi connectivity index (χ1v) is 5.88. The third-order valence-electron chi connectivity index (χ3n) is 2.15. The van der Waals surface area contributed by atoms with Crippen molar-refractivity contribution in [3.63, 3.8) is 0 Å². The van der Waals surface area contributed by atoms with Crippen LogP contribution in [0.25, 0.3) is 0 Å². The average Bonchev–Trinajstić information content (AvgIpc) is 2.82. The number of carbonyl (C=O) groups is 1. The Kier molecular flexibility index (Phi) is 3.38. The van der Waals surface area contributed by atoms with Crippen LogP contribution >= 0.6 is 11.8 Å². The number of aliphatic imine (C=N–C) groups is 1. The molecule has 0 spiro atoms. The summed E-state index contributed by atoms with van der Waals surface area (Å²) in [6, 6.07) is 5.46. The van der Waals surface area contributed by atoms with Gasteiger partial charge in [-0.05, 0) is 12.1 Å². The van der Waals surface area contributed by atoms with Crippen LogP contribution in [0.2, 0.25) is 0 Å². The first-order chi connectivity index (χ1) is 8.16. The van der Waals surface area contributed by atoms with Gasteiger partial charge in [0.1, 0.15) is 0 Å². The van der Waals surface area contributed by atoms with E-state index >= 15 is 0 Å². The van der Waals surface area contributed by atoms with Crippen molar-refractivity contribution < 1.29 is 9.72 Å². The van der Waals surface area contributed by atoms with Crippen LogP contribution in [-0.2, 0) is 0 Å². The predicted octanol–water partition coefficient (Wildman–Crippen LogP) is 1.43. The third kappa shape index (κ3) is 2.82. The molecule has 0 aromatic heterocycles. The Morgan fingerprint density at radius 1 is 1.41 bits per heavy atom. The Labute approximate surface area is 101 Å². The largest absolute Gasteiger partial charge is 0.301 e. The van der Waals surface area contributed by atoms with Gasteiger partial charge in [-0.25, -0.2) is 0 Å². The number of rotatable bonds is 2. The quantitative estimate of drug-likeness (QED) is 0.636. The lowest BCUT2D eigenvalue weighted by Gasteiger charge is -2.03. The Morgan fingerprint density at radius 2 is 2.12 bits per heavy atom. The second-order valence-corrected chi connectivity index (χ2v) is 4.38. The number of non-ortho nitro benzene ring substituents is 1. The smallest absolute Gasteiger partial charge is 0.269 e. The minimum Gasteiger partial charge on any atom is -0.301 e. The van der Waals surface area contributed by atoms with Crippen LogP contribution in [0.3, 0.4) is 0 Å². The molecule has 7 heteroatoms. The van der Waals surface area contributed by atoms with Crippen LogP contribution in [0.5, 0.6) is 0 Å². The molecule has 1 heterocycles. The highest BCUT2D eigenvalue weighted by molar-refractivity contribution is 8.14. The average molecular weight is 251 g/mol. The number of benzene rings is 1. The van der Waals surface area contributed by atoms with Crippen molar-refractivity contribution in [2.45, 2.75) is 0 Å². The fourth-order valence-corrected chi connectivity index (χ4v) is 2.04. The molecular weight excluding hydrogens is 242 g/mol. The highest BCUT2D eigenvalue weighted by Crippen LogP contribution is 2.13. The van der Waals surface area contributed by atoms with Gasteiger partial charge in [-0.15, -0.1) is 0 Å². The number of nitrogens with zero attached hydrogens (tertiary/aromatic N) is 2. The molecule has 0 saturated carbocycles. The number of nitro benzene ring substituents is 1. The van der Waals surface area contributed by atoms with Gasteiger partial charge in [0.15, 0.2) is 5.17 Å². The Bertz CT molecular complexity index is 484. The van der Waals surface area contributed by atoms with Gasteiger partial charge in [-0.1, -0.05) is 11.8 Å². The van der Waals surface area contributed by atoms with E-state index < -0.39 is 4.92 Å². The number of nitrogens with one attached hydrogen (secondary N) is 1. The van der Waals surface area contributed by atoms with Crippen molar-refractivity contribution in [1.29, 1.82) is 0 Å². The number of amidine groups is 1. The zero-order valence-corrected chi connectivity index (χ0v) is 9.57. The van der Waals surface area contributed by atoms with E-state index in [1.165, 1.54) is 36.0 Å². The van der Waals surface area contributed by atoms with E-state index in [0.717, 1.165) is 5.75 Å². The van der Waals surface area contributed by atoms with E-state index in [9.17, 15) is 14.9 Å². The summed E-state index contributed by atoms with van der Waals surface area (Å²) in [4.78, 5) is 25.7. The first-order valence-electron chi connectivity index (χ1n) is 4.90. The van der Waals surface area contributed by atoms with Crippen LogP contribution in [0.1, 0.15) is 10.4 Å². The summed E-state index contributed by atoms with van der Waals surface area (Å²) >= 11 is 1.48. The lowest BCUT2D eigenvalue weighted by molar-refractivity contribution is -0.384. The highest BCUT2D eigenvalue weighted by atomic mass is 32.2. The monoisotopic (exact) mass is 251 g/mol. The molecule has 0 bridgehead atoms. The molecular formula is C10H9N3O3S. The molecule has 0 unspecified atom stereocenters. The van der Waals surface area contributed by atoms with Gasteiger partial charge < -0.3 is 5.32 Å². The van der Waals surface area contributed by atoms with E-state index in [2.05, 4.69) is 10.3 Å². The molecule has 1 N–H and O–H groups in total. The van der Waals surface area contributed by atoms with Gasteiger partial charge in [-0.3, -0.25) is 19.9 Å². The second-order valence-electron chi connectivity index (χ2n) is 3.29. The standard InChI is InChI=1S/C10H9N3O3S/c14-9(12-10-11-5-6-17-10)7-1-3-8(4-2-7)13(15)16/h1-4H,5-6H2,(H,11,12,14). The summed E-state index contributed by atoms with van der Waals surface area (Å²) in [6.45, 7) is 0.709. The van der Waals surface area contributed by atoms with Crippen LogP contribution in [0.15, 0.2) is 29.3 Å². The molecule has 17 heavy (non-hydrogen) atoms. The highest BCUT2D eigenvalue weighted by Gasteiger charge is 2.13. The molecule has 6 nitrogen and oxygen atoms in total. The summed E-state index contributed by atoms with van der Waals surface area (Å²) in [5.74, 6) is 0.573. The Morgan fingerprint density at radius 3 is 2.65 bits per heavy atom. The number of hydrogen-bond acceptors (Lipinski definition) is 5. The lowest BCUT2D eigenvalue weighted by atomic mass is 10.2. The van der Waals surface area contributed by atoms with Crippen LogP contribution in [0, 0.1) is 10.1 Å². The zero-order chi connectivity index (χ0) is 12.3. The van der Waals surface area contributed by atoms with Gasteiger partial charge in [-0.2, -0.15) is 0 Å². The zero-order valence-electron chi connectivity index (χ0n) is 8.75. The van der Waals surface area contributed by atoms with Crippen LogP contribution < -0.4 is 5.32 Å². The van der Waals surface area contributed by atoms with E-state index in [1.807, 2.05) is 0 Å². The maximum absolute atomic E-state index is 11.7. The van der Waals surface area contributed by atoms with Crippen molar-refractivity contribution in [2.24, 2.45) is 4.99 Å². The summed E-state index contributed by atoms with van der Waals surface area (Å²) in [6.07, 6.45) is 0. The number of thioether (sulfide) groups is 1. The number of amides is 1. The molecule has 0 radical (unpaired) electrons. The molecule has 2 rings (SSSR count). The second kappa shape index (κ2) is 4.96. The van der Waals surface area contributed by atoms with Gasteiger partial charge in [0, 0.05) is 23.4 Å². The maximum Gasteiger partial charge on any atom is 0.269 e. The summed E-state index contributed by atoms with van der Waals surface area (Å²) < 4.78 is 0. The van der Waals surface area contributed by atoms with Gasteiger partial charge in [0.05, 0.1) is 11.5 Å². The molecule has 0 atom stereocenters. The van der Waals surface area contributed by atoms with Gasteiger partial charge >= 0.3 is 0 Å². The molecule has 1 aromatic rings. The summed E-state index contributed by atoms with van der Waals surface area (Å²) in [7, 11) is 0. The number of nitro groups is 1. The number of hydrogen-bond donors (Lipinski definition) is 1. The Balaban J connectivity index is 2.06. The SMILES string of the molecule is O=C(NC1=NCCS1)c1ccc([N+](=O)[O-])cc1. The molecule has 1 aliphatic rings. The fraction of sp³-hybridized carbons (Fsp3) is 0.200. The van der Waals surface area contributed by atoms with Crippen molar-refractivity contribution in [1.82, 2.24) is 5.32 Å². The molecule has 88 valence electrons. The van der Waals surface area contributed by atoms with E-state index in [4.69, 9.17) is 0 Å².